The molecule has 1 fully saturated rings. The van der Waals surface area contributed by atoms with Gasteiger partial charge in [-0.15, -0.1) is 0 Å². The van der Waals surface area contributed by atoms with Gasteiger partial charge in [-0.05, 0) is 41.4 Å². The molecule has 0 saturated heterocycles. The number of nitrogens with one attached hydrogen (secondary N) is 1. The molecule has 1 saturated carbocycles. The maximum atomic E-state index is 12.2. The Hall–Kier alpha value is -0.700. The molecule has 1 aliphatic carbocycles. The van der Waals surface area contributed by atoms with E-state index in [-0.39, 0.29) is 10.7 Å². The molecule has 0 amide bonds. The zero-order valence-electron chi connectivity index (χ0n) is 11.3. The van der Waals surface area contributed by atoms with Crippen molar-refractivity contribution >= 4 is 31.8 Å². The van der Waals surface area contributed by atoms with Gasteiger partial charge in [0, 0.05) is 29.8 Å². The molecule has 1 aromatic heterocycles. The molecular weight excluding hydrogens is 344 g/mol. The van der Waals surface area contributed by atoms with E-state index in [4.69, 9.17) is 5.73 Å². The summed E-state index contributed by atoms with van der Waals surface area (Å²) < 4.78 is 27.5. The van der Waals surface area contributed by atoms with E-state index >= 15 is 0 Å². The standard InChI is InChI=1S/C12H19BrN4O2S/c1-2-17(10-3-4-10)6-5-16-20(18,19)11-7-9(13)8-15-12(11)14/h7-8,10,16H,2-6H2,1H3,(H2,14,15). The molecule has 0 bridgehead atoms. The van der Waals surface area contributed by atoms with Crippen molar-refractivity contribution in [3.8, 4) is 0 Å². The summed E-state index contributed by atoms with van der Waals surface area (Å²) in [6, 6.07) is 2.09. The number of rotatable bonds is 7. The number of nitrogen functional groups attached to an aromatic ring is 1. The molecule has 1 aromatic rings. The summed E-state index contributed by atoms with van der Waals surface area (Å²) in [5, 5.41) is 0. The molecule has 0 spiro atoms. The van der Waals surface area contributed by atoms with Crippen LogP contribution in [-0.4, -0.2) is 44.0 Å². The van der Waals surface area contributed by atoms with Crippen LogP contribution in [0.5, 0.6) is 0 Å². The Kier molecular flexibility index (Phi) is 5.00. The molecular formula is C12H19BrN4O2S. The average molecular weight is 363 g/mol. The SMILES string of the molecule is CCN(CCNS(=O)(=O)c1cc(Br)cnc1N)C1CC1. The minimum atomic E-state index is -3.62. The predicted octanol–water partition coefficient (Wildman–Crippen LogP) is 1.19. The maximum Gasteiger partial charge on any atom is 0.244 e. The second-order valence-electron chi connectivity index (χ2n) is 4.79. The number of pyridine rings is 1. The molecule has 0 aromatic carbocycles. The highest BCUT2D eigenvalue weighted by Crippen LogP contribution is 2.26. The molecule has 8 heteroatoms. The van der Waals surface area contributed by atoms with Crippen LogP contribution in [0.25, 0.3) is 0 Å². The number of anilines is 1. The highest BCUT2D eigenvalue weighted by atomic mass is 79.9. The highest BCUT2D eigenvalue weighted by Gasteiger charge is 2.27. The third-order valence-electron chi connectivity index (χ3n) is 3.30. The molecule has 1 aliphatic rings. The Bertz CT molecular complexity index is 575. The molecule has 6 nitrogen and oxygen atoms in total. The van der Waals surface area contributed by atoms with Crippen molar-refractivity contribution < 1.29 is 8.42 Å². The Morgan fingerprint density at radius 1 is 1.55 bits per heavy atom. The van der Waals surface area contributed by atoms with Crippen molar-refractivity contribution in [1.29, 1.82) is 0 Å². The lowest BCUT2D eigenvalue weighted by molar-refractivity contribution is 0.282. The fourth-order valence-corrected chi connectivity index (χ4v) is 3.69. The summed E-state index contributed by atoms with van der Waals surface area (Å²) in [7, 11) is -3.62. The van der Waals surface area contributed by atoms with Crippen molar-refractivity contribution in [2.45, 2.75) is 30.7 Å². The zero-order chi connectivity index (χ0) is 14.8. The summed E-state index contributed by atoms with van der Waals surface area (Å²) in [4.78, 5) is 6.14. The molecule has 3 N–H and O–H groups in total. The van der Waals surface area contributed by atoms with Gasteiger partial charge in [-0.1, -0.05) is 6.92 Å². The van der Waals surface area contributed by atoms with Crippen LogP contribution >= 0.6 is 15.9 Å². The Morgan fingerprint density at radius 3 is 2.85 bits per heavy atom. The molecule has 0 aliphatic heterocycles. The van der Waals surface area contributed by atoms with E-state index in [1.165, 1.54) is 25.1 Å². The fraction of sp³-hybridized carbons (Fsp3) is 0.583. The van der Waals surface area contributed by atoms with Crippen molar-refractivity contribution in [3.63, 3.8) is 0 Å². The maximum absolute atomic E-state index is 12.2. The Labute approximate surface area is 127 Å². The second kappa shape index (κ2) is 6.38. The van der Waals surface area contributed by atoms with E-state index in [9.17, 15) is 8.42 Å². The first-order valence-corrected chi connectivity index (χ1v) is 8.86. The van der Waals surface area contributed by atoms with Gasteiger partial charge < -0.3 is 5.73 Å². The van der Waals surface area contributed by atoms with Crippen molar-refractivity contribution in [1.82, 2.24) is 14.6 Å². The van der Waals surface area contributed by atoms with Gasteiger partial charge in [-0.2, -0.15) is 0 Å². The van der Waals surface area contributed by atoms with Gasteiger partial charge in [0.15, 0.2) is 0 Å². The minimum Gasteiger partial charge on any atom is -0.383 e. The number of nitrogens with two attached hydrogens (primary N) is 1. The van der Waals surface area contributed by atoms with E-state index in [1.54, 1.807) is 0 Å². The van der Waals surface area contributed by atoms with E-state index < -0.39 is 10.0 Å². The van der Waals surface area contributed by atoms with E-state index in [0.29, 0.717) is 23.6 Å². The lowest BCUT2D eigenvalue weighted by Crippen LogP contribution is -2.36. The number of nitrogens with zero attached hydrogens (tertiary/aromatic N) is 2. The van der Waals surface area contributed by atoms with E-state index in [0.717, 1.165) is 6.54 Å². The molecule has 0 radical (unpaired) electrons. The van der Waals surface area contributed by atoms with Crippen LogP contribution < -0.4 is 10.5 Å². The molecule has 1 heterocycles. The van der Waals surface area contributed by atoms with E-state index in [1.807, 2.05) is 0 Å². The van der Waals surface area contributed by atoms with Crippen molar-refractivity contribution in [3.05, 3.63) is 16.7 Å². The number of hydrogen-bond acceptors (Lipinski definition) is 5. The normalized spacial score (nSPS) is 15.8. The molecule has 20 heavy (non-hydrogen) atoms. The first-order chi connectivity index (χ1) is 9.44. The Balaban J connectivity index is 1.98. The summed E-state index contributed by atoms with van der Waals surface area (Å²) >= 11 is 3.20. The number of halogens is 1. The third kappa shape index (κ3) is 3.91. The van der Waals surface area contributed by atoms with Crippen LogP contribution in [-0.2, 0) is 10.0 Å². The van der Waals surface area contributed by atoms with Gasteiger partial charge in [0.2, 0.25) is 10.0 Å². The quantitative estimate of drug-likeness (QED) is 0.760. The average Bonchev–Trinajstić information content (AvgIpc) is 3.22. The van der Waals surface area contributed by atoms with Crippen LogP contribution in [0, 0.1) is 0 Å². The van der Waals surface area contributed by atoms with Gasteiger partial charge in [0.05, 0.1) is 0 Å². The van der Waals surface area contributed by atoms with Crippen LogP contribution in [0.1, 0.15) is 19.8 Å². The second-order valence-corrected chi connectivity index (χ2v) is 7.45. The predicted molar refractivity (Wildman–Crippen MR) is 81.8 cm³/mol. The van der Waals surface area contributed by atoms with Gasteiger partial charge in [-0.3, -0.25) is 4.90 Å². The molecule has 0 atom stereocenters. The van der Waals surface area contributed by atoms with Gasteiger partial charge in [0.25, 0.3) is 0 Å². The highest BCUT2D eigenvalue weighted by molar-refractivity contribution is 9.10. The molecule has 2 rings (SSSR count). The largest absolute Gasteiger partial charge is 0.383 e. The summed E-state index contributed by atoms with van der Waals surface area (Å²) in [6.07, 6.45) is 3.90. The lowest BCUT2D eigenvalue weighted by Gasteiger charge is -2.19. The number of likely N-dealkylation sites (N-methyl/N-ethyl adjacent to an activating group) is 1. The molecule has 0 unspecified atom stereocenters. The van der Waals surface area contributed by atoms with Crippen LogP contribution in [0.3, 0.4) is 0 Å². The summed E-state index contributed by atoms with van der Waals surface area (Å²) in [5.74, 6) is 0.00948. The molecule has 112 valence electrons. The lowest BCUT2D eigenvalue weighted by atomic mass is 10.4. The number of hydrogen-bond donors (Lipinski definition) is 2. The number of sulfonamides is 1. The smallest absolute Gasteiger partial charge is 0.244 e. The first-order valence-electron chi connectivity index (χ1n) is 6.58. The van der Waals surface area contributed by atoms with Crippen LogP contribution in [0.2, 0.25) is 0 Å². The monoisotopic (exact) mass is 362 g/mol. The van der Waals surface area contributed by atoms with E-state index in [2.05, 4.69) is 37.5 Å². The van der Waals surface area contributed by atoms with Gasteiger partial charge in [-0.25, -0.2) is 18.1 Å². The van der Waals surface area contributed by atoms with Crippen LogP contribution in [0.15, 0.2) is 21.6 Å². The summed E-state index contributed by atoms with van der Waals surface area (Å²) in [6.45, 7) is 4.11. The minimum absolute atomic E-state index is 0.00948. The topological polar surface area (TPSA) is 88.3 Å². The summed E-state index contributed by atoms with van der Waals surface area (Å²) in [5.41, 5.74) is 5.63. The Morgan fingerprint density at radius 2 is 2.25 bits per heavy atom. The zero-order valence-corrected chi connectivity index (χ0v) is 13.7. The number of aromatic nitrogens is 1. The van der Waals surface area contributed by atoms with Crippen molar-refractivity contribution in [2.75, 3.05) is 25.4 Å². The van der Waals surface area contributed by atoms with Gasteiger partial charge >= 0.3 is 0 Å². The fourth-order valence-electron chi connectivity index (χ4n) is 2.09. The third-order valence-corrected chi connectivity index (χ3v) is 5.22. The van der Waals surface area contributed by atoms with Crippen LogP contribution in [0.4, 0.5) is 5.82 Å². The van der Waals surface area contributed by atoms with Crippen molar-refractivity contribution in [2.24, 2.45) is 0 Å². The first kappa shape index (κ1) is 15.7. The van der Waals surface area contributed by atoms with Gasteiger partial charge in [0.1, 0.15) is 10.7 Å².